The van der Waals surface area contributed by atoms with E-state index in [1.54, 1.807) is 12.3 Å². The van der Waals surface area contributed by atoms with Crippen molar-refractivity contribution in [2.45, 2.75) is 45.0 Å². The molecule has 0 aliphatic carbocycles. The van der Waals surface area contributed by atoms with Gasteiger partial charge in [-0.15, -0.1) is 0 Å². The van der Waals surface area contributed by atoms with Crippen LogP contribution in [0.3, 0.4) is 0 Å². The Balaban J connectivity index is 2.13. The van der Waals surface area contributed by atoms with Crippen molar-refractivity contribution in [3.63, 3.8) is 0 Å². The van der Waals surface area contributed by atoms with E-state index in [1.165, 1.54) is 0 Å². The average Bonchev–Trinajstić information content (AvgIpc) is 2.27. The van der Waals surface area contributed by atoms with Crippen molar-refractivity contribution in [1.29, 1.82) is 5.26 Å². The van der Waals surface area contributed by atoms with Gasteiger partial charge in [-0.1, -0.05) is 0 Å². The second-order valence-electron chi connectivity index (χ2n) is 4.58. The van der Waals surface area contributed by atoms with E-state index in [0.29, 0.717) is 11.4 Å². The van der Waals surface area contributed by atoms with Crippen LogP contribution in [0.4, 0.5) is 0 Å². The summed E-state index contributed by atoms with van der Waals surface area (Å²) in [6.07, 6.45) is 3.71. The first-order chi connectivity index (χ1) is 8.58. The van der Waals surface area contributed by atoms with Gasteiger partial charge >= 0.3 is 0 Å². The minimum Gasteiger partial charge on any atom is -0.487 e. The Kier molecular flexibility index (Phi) is 4.20. The lowest BCUT2D eigenvalue weighted by atomic mass is 10.0. The Bertz CT molecular complexity index is 463. The second-order valence-corrected chi connectivity index (χ2v) is 5.50. The Morgan fingerprint density at radius 3 is 2.72 bits per heavy atom. The summed E-state index contributed by atoms with van der Waals surface area (Å²) in [6, 6.07) is 3.83. The molecule has 1 fully saturated rings. The molecular formula is C13H15BrN2O2. The van der Waals surface area contributed by atoms with Crippen LogP contribution in [-0.4, -0.2) is 23.3 Å². The van der Waals surface area contributed by atoms with Crippen molar-refractivity contribution in [2.75, 3.05) is 0 Å². The average molecular weight is 311 g/mol. The van der Waals surface area contributed by atoms with Gasteiger partial charge in [-0.3, -0.25) is 0 Å². The summed E-state index contributed by atoms with van der Waals surface area (Å²) in [5.41, 5.74) is 0.324. The van der Waals surface area contributed by atoms with Crippen LogP contribution in [0.25, 0.3) is 0 Å². The first kappa shape index (κ1) is 13.3. The zero-order chi connectivity index (χ0) is 13.1. The van der Waals surface area contributed by atoms with Gasteiger partial charge in [0.2, 0.25) is 0 Å². The van der Waals surface area contributed by atoms with Gasteiger partial charge in [0.15, 0.2) is 11.4 Å². The number of rotatable bonds is 2. The summed E-state index contributed by atoms with van der Waals surface area (Å²) in [5.74, 6) is 0.540. The maximum atomic E-state index is 9.01. The smallest absolute Gasteiger partial charge is 0.182 e. The largest absolute Gasteiger partial charge is 0.487 e. The first-order valence-electron chi connectivity index (χ1n) is 5.96. The van der Waals surface area contributed by atoms with Crippen LogP contribution >= 0.6 is 15.9 Å². The topological polar surface area (TPSA) is 55.1 Å². The van der Waals surface area contributed by atoms with E-state index in [4.69, 9.17) is 14.7 Å². The summed E-state index contributed by atoms with van der Waals surface area (Å²) in [4.78, 5) is 4.04. The number of nitriles is 1. The molecule has 0 saturated carbocycles. The van der Waals surface area contributed by atoms with E-state index in [0.717, 1.165) is 17.3 Å². The van der Waals surface area contributed by atoms with Gasteiger partial charge in [0.1, 0.15) is 12.2 Å². The molecule has 4 nitrogen and oxygen atoms in total. The number of hydrogen-bond donors (Lipinski definition) is 0. The van der Waals surface area contributed by atoms with E-state index in [2.05, 4.69) is 20.9 Å². The Morgan fingerprint density at radius 2 is 2.11 bits per heavy atom. The highest BCUT2D eigenvalue weighted by Gasteiger charge is 2.26. The molecule has 0 bridgehead atoms. The van der Waals surface area contributed by atoms with Gasteiger partial charge in [0.05, 0.1) is 12.2 Å². The minimum atomic E-state index is 0.0759. The van der Waals surface area contributed by atoms with Crippen LogP contribution in [0.1, 0.15) is 32.4 Å². The molecule has 0 aromatic carbocycles. The van der Waals surface area contributed by atoms with Crippen LogP contribution in [0.15, 0.2) is 16.7 Å². The molecule has 1 aromatic heterocycles. The molecule has 0 amide bonds. The monoisotopic (exact) mass is 310 g/mol. The van der Waals surface area contributed by atoms with Gasteiger partial charge < -0.3 is 9.47 Å². The fraction of sp³-hybridized carbons (Fsp3) is 0.538. The molecule has 1 aliphatic heterocycles. The summed E-state index contributed by atoms with van der Waals surface area (Å²) in [5, 5.41) is 9.01. The van der Waals surface area contributed by atoms with E-state index < -0.39 is 0 Å². The van der Waals surface area contributed by atoms with Crippen LogP contribution < -0.4 is 4.74 Å². The molecule has 2 atom stereocenters. The fourth-order valence-corrected chi connectivity index (χ4v) is 2.52. The predicted octanol–water partition coefficient (Wildman–Crippen LogP) is 3.05. The normalized spacial score (nSPS) is 27.6. The number of halogens is 1. The van der Waals surface area contributed by atoms with Crippen molar-refractivity contribution in [1.82, 2.24) is 4.98 Å². The summed E-state index contributed by atoms with van der Waals surface area (Å²) >= 11 is 3.34. The van der Waals surface area contributed by atoms with Crippen molar-refractivity contribution in [2.24, 2.45) is 0 Å². The van der Waals surface area contributed by atoms with Crippen LogP contribution in [-0.2, 0) is 4.74 Å². The Morgan fingerprint density at radius 1 is 1.44 bits per heavy atom. The van der Waals surface area contributed by atoms with E-state index in [-0.39, 0.29) is 18.3 Å². The molecule has 5 heteroatoms. The van der Waals surface area contributed by atoms with Crippen molar-refractivity contribution < 1.29 is 9.47 Å². The molecule has 0 radical (unpaired) electrons. The summed E-state index contributed by atoms with van der Waals surface area (Å²) < 4.78 is 12.4. The highest BCUT2D eigenvalue weighted by Crippen LogP contribution is 2.27. The molecule has 2 unspecified atom stereocenters. The van der Waals surface area contributed by atoms with Gasteiger partial charge in [0.25, 0.3) is 0 Å². The fourth-order valence-electron chi connectivity index (χ4n) is 2.21. The Hall–Kier alpha value is -1.12. The van der Waals surface area contributed by atoms with Crippen LogP contribution in [0.2, 0.25) is 0 Å². The maximum Gasteiger partial charge on any atom is 0.182 e. The standard InChI is InChI=1S/C13H15BrN2O2/c1-8-3-11(4-9(2)17-8)18-13-5-10(14)7-16-12(13)6-15/h5,7-9,11H,3-4H2,1-2H3. The third-order valence-electron chi connectivity index (χ3n) is 2.87. The molecule has 2 rings (SSSR count). The third-order valence-corrected chi connectivity index (χ3v) is 3.31. The molecular weight excluding hydrogens is 296 g/mol. The lowest BCUT2D eigenvalue weighted by Crippen LogP contribution is -2.35. The molecule has 18 heavy (non-hydrogen) atoms. The highest BCUT2D eigenvalue weighted by molar-refractivity contribution is 9.10. The highest BCUT2D eigenvalue weighted by atomic mass is 79.9. The number of pyridine rings is 1. The number of hydrogen-bond acceptors (Lipinski definition) is 4. The zero-order valence-electron chi connectivity index (χ0n) is 10.4. The predicted molar refractivity (Wildman–Crippen MR) is 70.3 cm³/mol. The zero-order valence-corrected chi connectivity index (χ0v) is 12.0. The molecule has 0 spiro atoms. The van der Waals surface area contributed by atoms with Gasteiger partial charge in [-0.05, 0) is 35.8 Å². The quantitative estimate of drug-likeness (QED) is 0.842. The van der Waals surface area contributed by atoms with E-state index in [9.17, 15) is 0 Å². The van der Waals surface area contributed by atoms with Gasteiger partial charge in [0, 0.05) is 23.5 Å². The summed E-state index contributed by atoms with van der Waals surface area (Å²) in [6.45, 7) is 4.08. The third kappa shape index (κ3) is 3.21. The lowest BCUT2D eigenvalue weighted by molar-refractivity contribution is -0.0722. The molecule has 1 aromatic rings. The second kappa shape index (κ2) is 5.68. The molecule has 2 heterocycles. The van der Waals surface area contributed by atoms with Crippen LogP contribution in [0, 0.1) is 11.3 Å². The SMILES string of the molecule is CC1CC(Oc2cc(Br)cnc2C#N)CC(C)O1. The van der Waals surface area contributed by atoms with Crippen LogP contribution in [0.5, 0.6) is 5.75 Å². The van der Waals surface area contributed by atoms with Gasteiger partial charge in [-0.25, -0.2) is 4.98 Å². The minimum absolute atomic E-state index is 0.0759. The summed E-state index contributed by atoms with van der Waals surface area (Å²) in [7, 11) is 0. The number of nitrogens with zero attached hydrogens (tertiary/aromatic N) is 2. The first-order valence-corrected chi connectivity index (χ1v) is 6.75. The lowest BCUT2D eigenvalue weighted by Gasteiger charge is -2.32. The Labute approximate surface area is 115 Å². The van der Waals surface area contributed by atoms with E-state index >= 15 is 0 Å². The maximum absolute atomic E-state index is 9.01. The van der Waals surface area contributed by atoms with E-state index in [1.807, 2.05) is 19.9 Å². The van der Waals surface area contributed by atoms with Crippen molar-refractivity contribution in [3.05, 3.63) is 22.4 Å². The molecule has 1 saturated heterocycles. The van der Waals surface area contributed by atoms with Gasteiger partial charge in [-0.2, -0.15) is 5.26 Å². The van der Waals surface area contributed by atoms with Crippen molar-refractivity contribution in [3.8, 4) is 11.8 Å². The number of ether oxygens (including phenoxy) is 2. The van der Waals surface area contributed by atoms with Crippen molar-refractivity contribution >= 4 is 15.9 Å². The molecule has 1 aliphatic rings. The molecule has 0 N–H and O–H groups in total. The number of aromatic nitrogens is 1. The molecule has 96 valence electrons.